The van der Waals surface area contributed by atoms with Gasteiger partial charge >= 0.3 is 0 Å². The van der Waals surface area contributed by atoms with E-state index in [1.165, 1.54) is 24.3 Å². The normalized spacial score (nSPS) is 15.7. The molecule has 1 saturated heterocycles. The van der Waals surface area contributed by atoms with Crippen LogP contribution < -0.4 is 4.90 Å². The van der Waals surface area contributed by atoms with Crippen LogP contribution in [0.3, 0.4) is 0 Å². The van der Waals surface area contributed by atoms with Gasteiger partial charge in [-0.3, -0.25) is 9.48 Å². The first-order valence-corrected chi connectivity index (χ1v) is 10.3. The first kappa shape index (κ1) is 20.9. The van der Waals surface area contributed by atoms with Gasteiger partial charge in [0.2, 0.25) is 0 Å². The predicted molar refractivity (Wildman–Crippen MR) is 118 cm³/mol. The molecule has 166 valence electrons. The average Bonchev–Trinajstić information content (AvgIpc) is 3.49. The molecular formula is C24H19F2N5O2. The lowest BCUT2D eigenvalue weighted by Crippen LogP contribution is -2.34. The smallest absolute Gasteiger partial charge is 0.161 e. The summed E-state index contributed by atoms with van der Waals surface area (Å²) >= 11 is 0. The summed E-state index contributed by atoms with van der Waals surface area (Å²) in [5, 5.41) is 4.40. The Labute approximate surface area is 188 Å². The molecule has 2 aromatic carbocycles. The molecule has 0 saturated carbocycles. The summed E-state index contributed by atoms with van der Waals surface area (Å²) in [6.45, 7) is 1.29. The summed E-state index contributed by atoms with van der Waals surface area (Å²) in [7, 11) is 0. The number of halogens is 2. The van der Waals surface area contributed by atoms with E-state index < -0.39 is 12.0 Å². The molecule has 33 heavy (non-hydrogen) atoms. The van der Waals surface area contributed by atoms with Crippen molar-refractivity contribution in [2.45, 2.75) is 12.8 Å². The van der Waals surface area contributed by atoms with E-state index in [0.717, 1.165) is 11.1 Å². The minimum absolute atomic E-state index is 0.166. The average molecular weight is 447 g/mol. The molecule has 5 rings (SSSR count). The second-order valence-electron chi connectivity index (χ2n) is 7.56. The van der Waals surface area contributed by atoms with Gasteiger partial charge in [0.1, 0.15) is 17.9 Å². The van der Waals surface area contributed by atoms with Crippen molar-refractivity contribution >= 4 is 12.0 Å². The standard InChI is InChI=1S/C24H19F2N5O2/c25-19-4-2-16(3-5-19)18-12-29-30(13-18)14-22-31(8-9-33-22)21-11-20(26)10-17(15-32)23(21)24-27-6-1-7-28-24/h1-7,10-13,15,22H,8-9,14H2. The third-order valence-corrected chi connectivity index (χ3v) is 5.48. The Morgan fingerprint density at radius 3 is 2.61 bits per heavy atom. The van der Waals surface area contributed by atoms with Crippen LogP contribution in [0.15, 0.2) is 67.3 Å². The lowest BCUT2D eigenvalue weighted by atomic mass is 10.0. The first-order valence-electron chi connectivity index (χ1n) is 10.3. The zero-order valence-corrected chi connectivity index (χ0v) is 17.4. The second-order valence-corrected chi connectivity index (χ2v) is 7.56. The van der Waals surface area contributed by atoms with E-state index in [-0.39, 0.29) is 11.4 Å². The van der Waals surface area contributed by atoms with E-state index in [0.29, 0.717) is 43.1 Å². The Hall–Kier alpha value is -3.98. The fourth-order valence-electron chi connectivity index (χ4n) is 3.97. The number of aldehydes is 1. The SMILES string of the molecule is O=Cc1cc(F)cc(N2CCOC2Cn2cc(-c3ccc(F)cc3)cn2)c1-c1ncccn1. The maximum atomic E-state index is 14.4. The van der Waals surface area contributed by atoms with Gasteiger partial charge in [-0.25, -0.2) is 18.7 Å². The number of benzene rings is 2. The number of nitrogens with zero attached hydrogens (tertiary/aromatic N) is 5. The number of anilines is 1. The summed E-state index contributed by atoms with van der Waals surface area (Å²) in [5.74, 6) is -0.503. The van der Waals surface area contributed by atoms with Gasteiger partial charge in [-0.15, -0.1) is 0 Å². The van der Waals surface area contributed by atoms with Crippen LogP contribution in [0.1, 0.15) is 10.4 Å². The number of carbonyl (C=O) groups excluding carboxylic acids is 1. The Bertz CT molecular complexity index is 1280. The summed E-state index contributed by atoms with van der Waals surface area (Å²) in [4.78, 5) is 22.2. The number of hydrogen-bond donors (Lipinski definition) is 0. The van der Waals surface area contributed by atoms with Crippen molar-refractivity contribution in [3.8, 4) is 22.5 Å². The zero-order chi connectivity index (χ0) is 22.8. The van der Waals surface area contributed by atoms with Gasteiger partial charge in [-0.05, 0) is 35.9 Å². The van der Waals surface area contributed by atoms with Gasteiger partial charge in [0.25, 0.3) is 0 Å². The molecule has 0 radical (unpaired) electrons. The van der Waals surface area contributed by atoms with Crippen molar-refractivity contribution in [3.63, 3.8) is 0 Å². The minimum atomic E-state index is -0.532. The first-order chi connectivity index (χ1) is 16.1. The van der Waals surface area contributed by atoms with Gasteiger partial charge in [0.15, 0.2) is 12.1 Å². The van der Waals surface area contributed by atoms with Crippen molar-refractivity contribution in [3.05, 3.63) is 84.4 Å². The summed E-state index contributed by atoms with van der Waals surface area (Å²) in [5.41, 5.74) is 2.79. The predicted octanol–water partition coefficient (Wildman–Crippen LogP) is 3.96. The van der Waals surface area contributed by atoms with Crippen LogP contribution in [0.4, 0.5) is 14.5 Å². The quantitative estimate of drug-likeness (QED) is 0.417. The molecule has 1 fully saturated rings. The maximum absolute atomic E-state index is 14.4. The summed E-state index contributed by atoms with van der Waals surface area (Å²) in [6.07, 6.45) is 6.84. The molecule has 0 spiro atoms. The van der Waals surface area contributed by atoms with Crippen molar-refractivity contribution in [2.75, 3.05) is 18.1 Å². The molecule has 0 bridgehead atoms. The fourth-order valence-corrected chi connectivity index (χ4v) is 3.97. The highest BCUT2D eigenvalue weighted by atomic mass is 19.1. The molecule has 1 aliphatic rings. The van der Waals surface area contributed by atoms with Crippen LogP contribution >= 0.6 is 0 Å². The topological polar surface area (TPSA) is 73.1 Å². The molecule has 2 aromatic heterocycles. The largest absolute Gasteiger partial charge is 0.355 e. The lowest BCUT2D eigenvalue weighted by molar-refractivity contribution is 0.0957. The van der Waals surface area contributed by atoms with Crippen molar-refractivity contribution in [1.82, 2.24) is 19.7 Å². The van der Waals surface area contributed by atoms with Crippen molar-refractivity contribution in [1.29, 1.82) is 0 Å². The van der Waals surface area contributed by atoms with Gasteiger partial charge in [0.05, 0.1) is 30.6 Å². The van der Waals surface area contributed by atoms with Gasteiger partial charge in [-0.1, -0.05) is 12.1 Å². The van der Waals surface area contributed by atoms with Gasteiger partial charge in [0, 0.05) is 36.3 Å². The molecule has 1 aliphatic heterocycles. The fraction of sp³-hybridized carbons (Fsp3) is 0.167. The molecule has 0 amide bonds. The van der Waals surface area contributed by atoms with Crippen LogP contribution in [0, 0.1) is 11.6 Å². The number of carbonyl (C=O) groups is 1. The monoisotopic (exact) mass is 447 g/mol. The molecule has 7 nitrogen and oxygen atoms in total. The summed E-state index contributed by atoms with van der Waals surface area (Å²) in [6, 6.07) is 10.4. The molecule has 0 aliphatic carbocycles. The van der Waals surface area contributed by atoms with Crippen molar-refractivity contribution < 1.29 is 18.3 Å². The number of rotatable bonds is 6. The van der Waals surface area contributed by atoms with Crippen LogP contribution in [-0.4, -0.2) is 45.4 Å². The number of ether oxygens (including phenoxy) is 1. The molecule has 3 heterocycles. The Kier molecular flexibility index (Phi) is 5.62. The molecule has 4 aromatic rings. The Balaban J connectivity index is 1.47. The Morgan fingerprint density at radius 2 is 1.85 bits per heavy atom. The van der Waals surface area contributed by atoms with Crippen molar-refractivity contribution in [2.24, 2.45) is 0 Å². The third kappa shape index (κ3) is 4.22. The van der Waals surface area contributed by atoms with Crippen LogP contribution in [0.2, 0.25) is 0 Å². The van der Waals surface area contributed by atoms with E-state index in [4.69, 9.17) is 4.74 Å². The molecular weight excluding hydrogens is 428 g/mol. The molecule has 1 atom stereocenters. The molecule has 9 heteroatoms. The van der Waals surface area contributed by atoms with Gasteiger partial charge in [-0.2, -0.15) is 5.10 Å². The van der Waals surface area contributed by atoms with E-state index in [2.05, 4.69) is 15.1 Å². The van der Waals surface area contributed by atoms with Crippen LogP contribution in [0.25, 0.3) is 22.5 Å². The highest BCUT2D eigenvalue weighted by Crippen LogP contribution is 2.35. The van der Waals surface area contributed by atoms with E-state index in [1.807, 2.05) is 11.1 Å². The zero-order valence-electron chi connectivity index (χ0n) is 17.4. The second kappa shape index (κ2) is 8.87. The van der Waals surface area contributed by atoms with Crippen LogP contribution in [-0.2, 0) is 11.3 Å². The minimum Gasteiger partial charge on any atom is -0.355 e. The maximum Gasteiger partial charge on any atom is 0.161 e. The third-order valence-electron chi connectivity index (χ3n) is 5.48. The number of aromatic nitrogens is 4. The molecule has 1 unspecified atom stereocenters. The van der Waals surface area contributed by atoms with E-state index >= 15 is 0 Å². The van der Waals surface area contributed by atoms with E-state index in [1.54, 1.807) is 41.5 Å². The van der Waals surface area contributed by atoms with E-state index in [9.17, 15) is 13.6 Å². The lowest BCUT2D eigenvalue weighted by Gasteiger charge is -2.27. The van der Waals surface area contributed by atoms with Crippen LogP contribution in [0.5, 0.6) is 0 Å². The highest BCUT2D eigenvalue weighted by molar-refractivity contribution is 5.92. The molecule has 0 N–H and O–H groups in total. The highest BCUT2D eigenvalue weighted by Gasteiger charge is 2.30. The van der Waals surface area contributed by atoms with Gasteiger partial charge < -0.3 is 9.64 Å². The Morgan fingerprint density at radius 1 is 1.06 bits per heavy atom. The summed E-state index contributed by atoms with van der Waals surface area (Å²) < 4.78 is 35.3. The number of hydrogen-bond acceptors (Lipinski definition) is 6.